The second kappa shape index (κ2) is 11.5. The monoisotopic (exact) mass is 452 g/mol. The number of ether oxygens (including phenoxy) is 1. The predicted molar refractivity (Wildman–Crippen MR) is 140 cm³/mol. The molecule has 5 rings (SSSR count). The van der Waals surface area contributed by atoms with Crippen molar-refractivity contribution in [3.63, 3.8) is 0 Å². The third kappa shape index (κ3) is 6.15. The molecule has 0 radical (unpaired) electrons. The van der Waals surface area contributed by atoms with Crippen LogP contribution in [0.25, 0.3) is 0 Å². The van der Waals surface area contributed by atoms with E-state index in [1.165, 1.54) is 55.6 Å². The summed E-state index contributed by atoms with van der Waals surface area (Å²) in [5.74, 6) is 2.23. The number of likely N-dealkylation sites (tertiary alicyclic amines) is 1. The van der Waals surface area contributed by atoms with Crippen molar-refractivity contribution < 1.29 is 4.74 Å². The second-order valence-corrected chi connectivity index (χ2v) is 9.84. The Balaban J connectivity index is 1.11. The quantitative estimate of drug-likeness (QED) is 0.362. The van der Waals surface area contributed by atoms with Crippen molar-refractivity contribution in [1.29, 1.82) is 0 Å². The molecule has 1 saturated heterocycles. The maximum absolute atomic E-state index is 5.97. The molecule has 0 aliphatic carbocycles. The zero-order valence-corrected chi connectivity index (χ0v) is 20.1. The van der Waals surface area contributed by atoms with Crippen LogP contribution in [0.15, 0.2) is 96.0 Å². The fourth-order valence-corrected chi connectivity index (χ4v) is 5.39. The molecule has 3 heteroatoms. The van der Waals surface area contributed by atoms with E-state index in [-0.39, 0.29) is 6.04 Å². The highest BCUT2D eigenvalue weighted by Gasteiger charge is 2.26. The number of piperidine rings is 1. The largest absolute Gasteiger partial charge is 0.478 e. The second-order valence-electron chi connectivity index (χ2n) is 9.84. The number of nitrogens with zero attached hydrogens (tertiary/aromatic N) is 2. The van der Waals surface area contributed by atoms with Gasteiger partial charge in [0.25, 0.3) is 0 Å². The summed E-state index contributed by atoms with van der Waals surface area (Å²) in [5.41, 5.74) is 4.16. The van der Waals surface area contributed by atoms with Crippen molar-refractivity contribution in [1.82, 2.24) is 4.90 Å². The van der Waals surface area contributed by atoms with E-state index in [2.05, 4.69) is 95.9 Å². The van der Waals surface area contributed by atoms with Crippen molar-refractivity contribution in [2.75, 3.05) is 26.2 Å². The first kappa shape index (κ1) is 22.9. The molecule has 0 N–H and O–H groups in total. The maximum atomic E-state index is 5.97. The lowest BCUT2D eigenvalue weighted by Crippen LogP contribution is -2.35. The predicted octanol–water partition coefficient (Wildman–Crippen LogP) is 6.68. The van der Waals surface area contributed by atoms with Crippen LogP contribution in [0.4, 0.5) is 0 Å². The van der Waals surface area contributed by atoms with E-state index in [9.17, 15) is 0 Å². The first-order valence-corrected chi connectivity index (χ1v) is 12.9. The molecule has 2 aliphatic rings. The Labute approximate surface area is 204 Å². The molecular formula is C31H36N2O. The average Bonchev–Trinajstić information content (AvgIpc) is 3.37. The third-order valence-corrected chi connectivity index (χ3v) is 7.45. The Morgan fingerprint density at radius 3 is 2.18 bits per heavy atom. The third-order valence-electron chi connectivity index (χ3n) is 7.45. The summed E-state index contributed by atoms with van der Waals surface area (Å²) in [6.45, 7) is 4.24. The molecule has 3 aromatic carbocycles. The highest BCUT2D eigenvalue weighted by atomic mass is 16.5. The fraction of sp³-hybridized carbons (Fsp3) is 0.387. The van der Waals surface area contributed by atoms with Crippen LogP contribution < -0.4 is 0 Å². The van der Waals surface area contributed by atoms with Crippen LogP contribution >= 0.6 is 0 Å². The molecule has 0 bridgehead atoms. The molecule has 2 aliphatic heterocycles. The molecule has 2 atom stereocenters. The lowest BCUT2D eigenvalue weighted by molar-refractivity contribution is 0.177. The molecule has 0 aromatic heterocycles. The minimum absolute atomic E-state index is 0.177. The van der Waals surface area contributed by atoms with E-state index < -0.39 is 0 Å². The van der Waals surface area contributed by atoms with Crippen molar-refractivity contribution in [3.05, 3.63) is 108 Å². The van der Waals surface area contributed by atoms with Gasteiger partial charge in [0.05, 0.1) is 0 Å². The number of hydrogen-bond donors (Lipinski definition) is 0. The Kier molecular flexibility index (Phi) is 7.72. The van der Waals surface area contributed by atoms with Crippen molar-refractivity contribution in [3.8, 4) is 0 Å². The first-order valence-electron chi connectivity index (χ1n) is 12.9. The van der Waals surface area contributed by atoms with Gasteiger partial charge in [0.15, 0.2) is 5.90 Å². The molecule has 0 amide bonds. The van der Waals surface area contributed by atoms with Crippen molar-refractivity contribution >= 4 is 5.90 Å². The zero-order valence-electron chi connectivity index (χ0n) is 20.1. The fourth-order valence-electron chi connectivity index (χ4n) is 5.39. The van der Waals surface area contributed by atoms with Crippen LogP contribution in [0.3, 0.4) is 0 Å². The van der Waals surface area contributed by atoms with Crippen LogP contribution in [0.5, 0.6) is 0 Å². The van der Waals surface area contributed by atoms with Crippen LogP contribution in [-0.4, -0.2) is 37.0 Å². The van der Waals surface area contributed by atoms with Gasteiger partial charge in [-0.2, -0.15) is 0 Å². The first-order chi connectivity index (χ1) is 16.8. The molecule has 176 valence electrons. The summed E-state index contributed by atoms with van der Waals surface area (Å²) in [6.07, 6.45) is 5.80. The summed E-state index contributed by atoms with van der Waals surface area (Å²) in [5, 5.41) is 0. The van der Waals surface area contributed by atoms with Crippen LogP contribution in [0.2, 0.25) is 0 Å². The molecule has 3 aromatic rings. The SMILES string of the molecule is c1ccc(CC(CCN2CCC(CC3=NC(c4ccccc4)CO3)CC2)c2ccccc2)cc1. The Morgan fingerprint density at radius 1 is 0.824 bits per heavy atom. The van der Waals surface area contributed by atoms with E-state index in [0.717, 1.165) is 18.7 Å². The lowest BCUT2D eigenvalue weighted by atomic mass is 9.88. The molecule has 0 saturated carbocycles. The van der Waals surface area contributed by atoms with E-state index in [1.807, 2.05) is 0 Å². The Bertz CT molecular complexity index is 1030. The molecule has 1 fully saturated rings. The number of benzene rings is 3. The Morgan fingerprint density at radius 2 is 1.47 bits per heavy atom. The zero-order chi connectivity index (χ0) is 23.0. The Hall–Kier alpha value is -2.91. The summed E-state index contributed by atoms with van der Waals surface area (Å²) in [6, 6.07) is 32.7. The summed E-state index contributed by atoms with van der Waals surface area (Å²) in [4.78, 5) is 7.55. The number of hydrogen-bond acceptors (Lipinski definition) is 3. The summed E-state index contributed by atoms with van der Waals surface area (Å²) in [7, 11) is 0. The van der Waals surface area contributed by atoms with Gasteiger partial charge in [-0.05, 0) is 73.8 Å². The molecule has 3 nitrogen and oxygen atoms in total. The normalized spacial score (nSPS) is 20.0. The molecule has 2 heterocycles. The van der Waals surface area contributed by atoms with E-state index in [4.69, 9.17) is 9.73 Å². The summed E-state index contributed by atoms with van der Waals surface area (Å²) < 4.78 is 5.97. The highest BCUT2D eigenvalue weighted by Crippen LogP contribution is 2.29. The smallest absolute Gasteiger partial charge is 0.184 e. The van der Waals surface area contributed by atoms with Crippen molar-refractivity contribution in [2.24, 2.45) is 10.9 Å². The van der Waals surface area contributed by atoms with Crippen LogP contribution in [-0.2, 0) is 11.2 Å². The topological polar surface area (TPSA) is 24.8 Å². The lowest BCUT2D eigenvalue weighted by Gasteiger charge is -2.33. The standard InChI is InChI=1S/C31H36N2O/c1-4-10-25(11-5-1)22-29(27-12-6-2-7-13-27)18-21-33-19-16-26(17-20-33)23-31-32-30(24-34-31)28-14-8-3-9-15-28/h1-15,26,29-30H,16-24H2. The van der Waals surface area contributed by atoms with Gasteiger partial charge >= 0.3 is 0 Å². The number of rotatable bonds is 9. The van der Waals surface area contributed by atoms with E-state index in [0.29, 0.717) is 18.4 Å². The highest BCUT2D eigenvalue weighted by molar-refractivity contribution is 5.78. The minimum Gasteiger partial charge on any atom is -0.478 e. The van der Waals surface area contributed by atoms with Crippen LogP contribution in [0, 0.1) is 5.92 Å². The average molecular weight is 453 g/mol. The molecule has 2 unspecified atom stereocenters. The van der Waals surface area contributed by atoms with Gasteiger partial charge in [0.1, 0.15) is 12.6 Å². The van der Waals surface area contributed by atoms with Gasteiger partial charge in [-0.25, -0.2) is 4.99 Å². The van der Waals surface area contributed by atoms with Crippen molar-refractivity contribution in [2.45, 2.75) is 44.1 Å². The van der Waals surface area contributed by atoms with Gasteiger partial charge in [-0.15, -0.1) is 0 Å². The van der Waals surface area contributed by atoms with Crippen LogP contribution in [0.1, 0.15) is 54.3 Å². The number of aliphatic imine (C=N–C) groups is 1. The van der Waals surface area contributed by atoms with E-state index >= 15 is 0 Å². The molecule has 0 spiro atoms. The van der Waals surface area contributed by atoms with Gasteiger partial charge < -0.3 is 9.64 Å². The van der Waals surface area contributed by atoms with Gasteiger partial charge in [0, 0.05) is 6.42 Å². The van der Waals surface area contributed by atoms with Gasteiger partial charge in [-0.3, -0.25) is 0 Å². The molecule has 34 heavy (non-hydrogen) atoms. The molecular weight excluding hydrogens is 416 g/mol. The summed E-state index contributed by atoms with van der Waals surface area (Å²) >= 11 is 0. The maximum Gasteiger partial charge on any atom is 0.184 e. The minimum atomic E-state index is 0.177. The van der Waals surface area contributed by atoms with E-state index in [1.54, 1.807) is 0 Å². The van der Waals surface area contributed by atoms with Gasteiger partial charge in [-0.1, -0.05) is 91.0 Å². The van der Waals surface area contributed by atoms with Gasteiger partial charge in [0.2, 0.25) is 0 Å².